The van der Waals surface area contributed by atoms with E-state index in [-0.39, 0.29) is 5.91 Å². The second kappa shape index (κ2) is 7.99. The highest BCUT2D eigenvalue weighted by molar-refractivity contribution is 6.06. The first-order chi connectivity index (χ1) is 15.1. The fourth-order valence-corrected chi connectivity index (χ4v) is 4.72. The van der Waals surface area contributed by atoms with E-state index in [2.05, 4.69) is 46.4 Å². The average molecular weight is 411 g/mol. The summed E-state index contributed by atoms with van der Waals surface area (Å²) in [5.74, 6) is 0.473. The average Bonchev–Trinajstić information content (AvgIpc) is 3.28. The van der Waals surface area contributed by atoms with Crippen LogP contribution in [0.4, 0.5) is 0 Å². The SMILES string of the molecule is Cc1cc(C(=O)N2CCC(c3[nH]ncc3-c3ccccc3C)CC2)c2ccccc2n1. The van der Waals surface area contributed by atoms with Gasteiger partial charge in [-0.1, -0.05) is 42.5 Å². The number of para-hydroxylation sites is 1. The number of H-pyrrole nitrogens is 1. The molecule has 2 aromatic carbocycles. The zero-order chi connectivity index (χ0) is 21.4. The molecule has 0 aliphatic carbocycles. The van der Waals surface area contributed by atoms with Crippen LogP contribution < -0.4 is 0 Å². The minimum absolute atomic E-state index is 0.101. The second-order valence-electron chi connectivity index (χ2n) is 8.41. The van der Waals surface area contributed by atoms with Crippen LogP contribution in [0, 0.1) is 13.8 Å². The Morgan fingerprint density at radius 3 is 2.55 bits per heavy atom. The van der Waals surface area contributed by atoms with E-state index < -0.39 is 0 Å². The van der Waals surface area contributed by atoms with Crippen molar-refractivity contribution in [2.45, 2.75) is 32.6 Å². The number of pyridine rings is 1. The van der Waals surface area contributed by atoms with Crippen LogP contribution in [0.3, 0.4) is 0 Å². The van der Waals surface area contributed by atoms with Crippen molar-refractivity contribution in [1.29, 1.82) is 0 Å². The summed E-state index contributed by atoms with van der Waals surface area (Å²) in [7, 11) is 0. The molecule has 5 nitrogen and oxygen atoms in total. The Hall–Kier alpha value is -3.47. The summed E-state index contributed by atoms with van der Waals surface area (Å²) in [6.07, 6.45) is 3.78. The van der Waals surface area contributed by atoms with Gasteiger partial charge in [-0.3, -0.25) is 14.9 Å². The van der Waals surface area contributed by atoms with E-state index in [1.165, 1.54) is 22.4 Å². The molecule has 0 saturated carbocycles. The van der Waals surface area contributed by atoms with Crippen molar-refractivity contribution in [3.05, 3.63) is 83.3 Å². The van der Waals surface area contributed by atoms with Crippen LogP contribution in [0.25, 0.3) is 22.0 Å². The molecule has 2 aromatic heterocycles. The van der Waals surface area contributed by atoms with Gasteiger partial charge in [-0.2, -0.15) is 5.10 Å². The predicted molar refractivity (Wildman–Crippen MR) is 123 cm³/mol. The van der Waals surface area contributed by atoms with Gasteiger partial charge < -0.3 is 4.90 Å². The molecule has 0 unspecified atom stereocenters. The van der Waals surface area contributed by atoms with Gasteiger partial charge in [-0.05, 0) is 49.9 Å². The minimum Gasteiger partial charge on any atom is -0.339 e. The zero-order valence-electron chi connectivity index (χ0n) is 17.9. The topological polar surface area (TPSA) is 61.9 Å². The summed E-state index contributed by atoms with van der Waals surface area (Å²) in [6.45, 7) is 5.56. The Labute approximate surface area is 182 Å². The lowest BCUT2D eigenvalue weighted by atomic mass is 9.88. The monoisotopic (exact) mass is 410 g/mol. The van der Waals surface area contributed by atoms with Crippen molar-refractivity contribution >= 4 is 16.8 Å². The second-order valence-corrected chi connectivity index (χ2v) is 8.41. The number of nitrogens with one attached hydrogen (secondary N) is 1. The van der Waals surface area contributed by atoms with E-state index in [1.807, 2.05) is 48.4 Å². The van der Waals surface area contributed by atoms with Gasteiger partial charge in [0.05, 0.1) is 17.3 Å². The summed E-state index contributed by atoms with van der Waals surface area (Å²) in [5, 5.41) is 8.52. The van der Waals surface area contributed by atoms with Crippen molar-refractivity contribution in [3.63, 3.8) is 0 Å². The first kappa shape index (κ1) is 19.5. The molecule has 1 N–H and O–H groups in total. The van der Waals surface area contributed by atoms with E-state index in [4.69, 9.17) is 0 Å². The number of aryl methyl sites for hydroxylation is 2. The Bertz CT molecular complexity index is 1250. The van der Waals surface area contributed by atoms with Crippen LogP contribution in [0.15, 0.2) is 60.8 Å². The van der Waals surface area contributed by atoms with Crippen molar-refractivity contribution in [2.24, 2.45) is 0 Å². The largest absolute Gasteiger partial charge is 0.339 e. The third kappa shape index (κ3) is 3.61. The van der Waals surface area contributed by atoms with Crippen molar-refractivity contribution < 1.29 is 4.79 Å². The highest BCUT2D eigenvalue weighted by Crippen LogP contribution is 2.35. The number of carbonyl (C=O) groups is 1. The van der Waals surface area contributed by atoms with Gasteiger partial charge in [0.25, 0.3) is 5.91 Å². The first-order valence-corrected chi connectivity index (χ1v) is 10.9. The quantitative estimate of drug-likeness (QED) is 0.501. The third-order valence-electron chi connectivity index (χ3n) is 6.37. The number of fused-ring (bicyclic) bond motifs is 1. The highest BCUT2D eigenvalue weighted by atomic mass is 16.2. The van der Waals surface area contributed by atoms with E-state index in [0.29, 0.717) is 5.92 Å². The fraction of sp³-hybridized carbons (Fsp3) is 0.269. The van der Waals surface area contributed by atoms with Crippen LogP contribution in [0.1, 0.15) is 46.1 Å². The van der Waals surface area contributed by atoms with Gasteiger partial charge in [0.1, 0.15) is 0 Å². The molecule has 1 aliphatic rings. The molecule has 1 fully saturated rings. The Morgan fingerprint density at radius 2 is 1.74 bits per heavy atom. The fourth-order valence-electron chi connectivity index (χ4n) is 4.72. The van der Waals surface area contributed by atoms with Crippen LogP contribution in [0.5, 0.6) is 0 Å². The van der Waals surface area contributed by atoms with Crippen LogP contribution in [-0.2, 0) is 0 Å². The molecule has 1 aliphatic heterocycles. The summed E-state index contributed by atoms with van der Waals surface area (Å²) in [5.41, 5.74) is 7.34. The van der Waals surface area contributed by atoms with Crippen LogP contribution in [-0.4, -0.2) is 39.1 Å². The summed E-state index contributed by atoms with van der Waals surface area (Å²) in [6, 6.07) is 18.2. The number of likely N-dealkylation sites (tertiary alicyclic amines) is 1. The molecule has 4 aromatic rings. The first-order valence-electron chi connectivity index (χ1n) is 10.9. The van der Waals surface area contributed by atoms with Gasteiger partial charge >= 0.3 is 0 Å². The number of nitrogens with zero attached hydrogens (tertiary/aromatic N) is 3. The number of amides is 1. The summed E-state index contributed by atoms with van der Waals surface area (Å²) >= 11 is 0. The van der Waals surface area contributed by atoms with Gasteiger partial charge in [-0.25, -0.2) is 0 Å². The lowest BCUT2D eigenvalue weighted by Crippen LogP contribution is -2.38. The molecule has 1 amide bonds. The predicted octanol–water partition coefficient (Wildman–Crippen LogP) is 5.26. The minimum atomic E-state index is 0.101. The number of aromatic amines is 1. The van der Waals surface area contributed by atoms with Crippen LogP contribution >= 0.6 is 0 Å². The van der Waals surface area contributed by atoms with Crippen molar-refractivity contribution in [1.82, 2.24) is 20.1 Å². The smallest absolute Gasteiger partial charge is 0.254 e. The molecule has 0 radical (unpaired) electrons. The molecule has 5 rings (SSSR count). The molecule has 0 atom stereocenters. The molecule has 0 bridgehead atoms. The van der Waals surface area contributed by atoms with Crippen molar-refractivity contribution in [3.8, 4) is 11.1 Å². The number of hydrogen-bond acceptors (Lipinski definition) is 3. The van der Waals surface area contributed by atoms with Gasteiger partial charge in [0.2, 0.25) is 0 Å². The third-order valence-corrected chi connectivity index (χ3v) is 6.37. The van der Waals surface area contributed by atoms with Gasteiger partial charge in [-0.15, -0.1) is 0 Å². The number of piperidine rings is 1. The number of aromatic nitrogens is 3. The Balaban J connectivity index is 1.36. The molecule has 3 heterocycles. The van der Waals surface area contributed by atoms with Gasteiger partial charge in [0, 0.05) is 41.3 Å². The standard InChI is InChI=1S/C26H26N4O/c1-17-7-3-4-8-20(17)23-16-27-29-25(23)19-11-13-30(14-12-19)26(31)22-15-18(2)28-24-10-6-5-9-21(22)24/h3-10,15-16,19H,11-14H2,1-2H3,(H,27,29). The Morgan fingerprint density at radius 1 is 1.00 bits per heavy atom. The van der Waals surface area contributed by atoms with Crippen molar-refractivity contribution in [2.75, 3.05) is 13.1 Å². The lowest BCUT2D eigenvalue weighted by Gasteiger charge is -2.32. The normalized spacial score (nSPS) is 14.8. The molecule has 1 saturated heterocycles. The Kier molecular flexibility index (Phi) is 5.02. The summed E-state index contributed by atoms with van der Waals surface area (Å²) in [4.78, 5) is 19.9. The maximum atomic E-state index is 13.4. The maximum absolute atomic E-state index is 13.4. The molecule has 5 heteroatoms. The molecular formula is C26H26N4O. The molecule has 31 heavy (non-hydrogen) atoms. The molecule has 156 valence electrons. The molecular weight excluding hydrogens is 384 g/mol. The number of rotatable bonds is 3. The maximum Gasteiger partial charge on any atom is 0.254 e. The van der Waals surface area contributed by atoms with E-state index in [0.717, 1.165) is 48.1 Å². The number of benzene rings is 2. The number of hydrogen-bond donors (Lipinski definition) is 1. The lowest BCUT2D eigenvalue weighted by molar-refractivity contribution is 0.0714. The van der Waals surface area contributed by atoms with E-state index in [1.54, 1.807) is 0 Å². The van der Waals surface area contributed by atoms with E-state index in [9.17, 15) is 4.79 Å². The molecule has 0 spiro atoms. The zero-order valence-corrected chi connectivity index (χ0v) is 17.9. The number of carbonyl (C=O) groups excluding carboxylic acids is 1. The van der Waals surface area contributed by atoms with E-state index >= 15 is 0 Å². The van der Waals surface area contributed by atoms with Gasteiger partial charge in [0.15, 0.2) is 0 Å². The van der Waals surface area contributed by atoms with Crippen LogP contribution in [0.2, 0.25) is 0 Å². The highest BCUT2D eigenvalue weighted by Gasteiger charge is 2.28. The summed E-state index contributed by atoms with van der Waals surface area (Å²) < 4.78 is 0.